The van der Waals surface area contributed by atoms with E-state index in [0.717, 1.165) is 5.56 Å². The van der Waals surface area contributed by atoms with E-state index in [4.69, 9.17) is 14.6 Å². The minimum Gasteiger partial charge on any atom is -0.497 e. The van der Waals surface area contributed by atoms with Gasteiger partial charge in [0.2, 0.25) is 5.91 Å². The molecule has 23 heavy (non-hydrogen) atoms. The van der Waals surface area contributed by atoms with Crippen molar-refractivity contribution < 1.29 is 24.2 Å². The number of nitrogens with one attached hydrogen (secondary N) is 1. The number of hydrogen-bond acceptors (Lipinski definition) is 4. The molecule has 2 N–H and O–H groups in total. The highest BCUT2D eigenvalue weighted by Gasteiger charge is 2.26. The van der Waals surface area contributed by atoms with Gasteiger partial charge in [0.15, 0.2) is 0 Å². The summed E-state index contributed by atoms with van der Waals surface area (Å²) in [5.74, 6) is 0.443. The smallest absolute Gasteiger partial charge is 0.309 e. The molecule has 1 aromatic rings. The molecule has 0 aromatic heterocycles. The van der Waals surface area contributed by atoms with Crippen LogP contribution in [0.1, 0.15) is 32.3 Å². The number of carboxylic acid groups (broad SMARTS) is 1. The van der Waals surface area contributed by atoms with E-state index >= 15 is 0 Å². The molecule has 0 unspecified atom stereocenters. The minimum absolute atomic E-state index is 0.115. The van der Waals surface area contributed by atoms with Gasteiger partial charge in [0, 0.05) is 13.0 Å². The first-order valence-corrected chi connectivity index (χ1v) is 7.51. The summed E-state index contributed by atoms with van der Waals surface area (Å²) in [7, 11) is 3.17. The molecule has 6 nitrogen and oxygen atoms in total. The van der Waals surface area contributed by atoms with Crippen molar-refractivity contribution in [1.29, 1.82) is 0 Å². The van der Waals surface area contributed by atoms with Gasteiger partial charge in [-0.15, -0.1) is 0 Å². The highest BCUT2D eigenvalue weighted by molar-refractivity contribution is 5.76. The lowest BCUT2D eigenvalue weighted by molar-refractivity contribution is -0.147. The lowest BCUT2D eigenvalue weighted by Crippen LogP contribution is -2.32. The second kappa shape index (κ2) is 8.41. The standard InChI is InChI=1S/C17H25NO5/c1-17(2,16(20)21)9-10-18-15(19)8-5-12-11-13(22-3)6-7-14(12)23-4/h6-7,11H,5,8-10H2,1-4H3,(H,18,19)(H,20,21). The number of aryl methyl sites for hydroxylation is 1. The van der Waals surface area contributed by atoms with Crippen LogP contribution in [0.15, 0.2) is 18.2 Å². The molecule has 0 saturated carbocycles. The minimum atomic E-state index is -0.868. The largest absolute Gasteiger partial charge is 0.497 e. The first-order valence-electron chi connectivity index (χ1n) is 7.51. The van der Waals surface area contributed by atoms with Crippen molar-refractivity contribution in [1.82, 2.24) is 5.32 Å². The van der Waals surface area contributed by atoms with Gasteiger partial charge >= 0.3 is 5.97 Å². The number of amides is 1. The van der Waals surface area contributed by atoms with E-state index in [1.165, 1.54) is 0 Å². The third-order valence-electron chi connectivity index (χ3n) is 3.76. The fraction of sp³-hybridized carbons (Fsp3) is 0.529. The SMILES string of the molecule is COc1ccc(OC)c(CCC(=O)NCCC(C)(C)C(=O)O)c1. The average molecular weight is 323 g/mol. The monoisotopic (exact) mass is 323 g/mol. The fourth-order valence-corrected chi connectivity index (χ4v) is 2.04. The van der Waals surface area contributed by atoms with Crippen LogP contribution in [-0.2, 0) is 16.0 Å². The molecule has 0 heterocycles. The molecule has 0 radical (unpaired) electrons. The summed E-state index contributed by atoms with van der Waals surface area (Å²) < 4.78 is 10.5. The molecule has 0 fully saturated rings. The second-order valence-electron chi connectivity index (χ2n) is 5.97. The number of aliphatic carboxylic acids is 1. The zero-order valence-electron chi connectivity index (χ0n) is 14.1. The van der Waals surface area contributed by atoms with Crippen LogP contribution >= 0.6 is 0 Å². The molecule has 0 spiro atoms. The first kappa shape index (κ1) is 18.8. The maximum Gasteiger partial charge on any atom is 0.309 e. The highest BCUT2D eigenvalue weighted by Crippen LogP contribution is 2.25. The molecule has 0 aliphatic carbocycles. The Labute approximate surface area is 136 Å². The van der Waals surface area contributed by atoms with Crippen molar-refractivity contribution >= 4 is 11.9 Å². The molecule has 0 atom stereocenters. The van der Waals surface area contributed by atoms with Crippen LogP contribution in [-0.4, -0.2) is 37.7 Å². The van der Waals surface area contributed by atoms with E-state index in [2.05, 4.69) is 5.32 Å². The van der Waals surface area contributed by atoms with Crippen molar-refractivity contribution in [3.05, 3.63) is 23.8 Å². The van der Waals surface area contributed by atoms with Crippen molar-refractivity contribution in [2.75, 3.05) is 20.8 Å². The molecule has 128 valence electrons. The molecule has 1 amide bonds. The molecule has 1 aromatic carbocycles. The van der Waals surface area contributed by atoms with Gasteiger partial charge in [-0.1, -0.05) is 0 Å². The summed E-state index contributed by atoms with van der Waals surface area (Å²) in [5.41, 5.74) is 0.0522. The summed E-state index contributed by atoms with van der Waals surface area (Å²) >= 11 is 0. The maximum atomic E-state index is 11.9. The van der Waals surface area contributed by atoms with Crippen LogP contribution in [0.3, 0.4) is 0 Å². The quantitative estimate of drug-likeness (QED) is 0.728. The van der Waals surface area contributed by atoms with Gasteiger partial charge < -0.3 is 19.9 Å². The van der Waals surface area contributed by atoms with Gasteiger partial charge in [0.05, 0.1) is 19.6 Å². The number of carboxylic acids is 1. The molecule has 1 rings (SSSR count). The van der Waals surface area contributed by atoms with Crippen LogP contribution in [0.4, 0.5) is 0 Å². The maximum absolute atomic E-state index is 11.9. The molecule has 0 aliphatic rings. The average Bonchev–Trinajstić information content (AvgIpc) is 2.52. The molecule has 0 bridgehead atoms. The Bertz CT molecular complexity index is 554. The Hall–Kier alpha value is -2.24. The van der Waals surface area contributed by atoms with Gasteiger partial charge in [-0.2, -0.15) is 0 Å². The van der Waals surface area contributed by atoms with Crippen LogP contribution in [0.25, 0.3) is 0 Å². The number of hydrogen-bond donors (Lipinski definition) is 2. The van der Waals surface area contributed by atoms with Gasteiger partial charge in [-0.3, -0.25) is 9.59 Å². The number of ether oxygens (including phenoxy) is 2. The summed E-state index contributed by atoms with van der Waals surface area (Å²) in [5, 5.41) is 11.8. The van der Waals surface area contributed by atoms with Crippen molar-refractivity contribution in [3.63, 3.8) is 0 Å². The van der Waals surface area contributed by atoms with Crippen molar-refractivity contribution in [3.8, 4) is 11.5 Å². The Morgan fingerprint density at radius 2 is 1.91 bits per heavy atom. The van der Waals surface area contributed by atoms with E-state index in [9.17, 15) is 9.59 Å². The Morgan fingerprint density at radius 3 is 2.48 bits per heavy atom. The summed E-state index contributed by atoms with van der Waals surface area (Å²) in [6.07, 6.45) is 1.21. The molecular formula is C17H25NO5. The van der Waals surface area contributed by atoms with Crippen LogP contribution in [0.2, 0.25) is 0 Å². The number of rotatable bonds is 9. The van der Waals surface area contributed by atoms with E-state index in [0.29, 0.717) is 37.3 Å². The summed E-state index contributed by atoms with van der Waals surface area (Å²) in [4.78, 5) is 22.9. The topological polar surface area (TPSA) is 84.9 Å². The van der Waals surface area contributed by atoms with Gasteiger partial charge in [-0.05, 0) is 50.5 Å². The number of carbonyl (C=O) groups is 2. The van der Waals surface area contributed by atoms with Gasteiger partial charge in [-0.25, -0.2) is 0 Å². The third kappa shape index (κ3) is 5.81. The Kier molecular flexibility index (Phi) is 6.88. The number of methoxy groups -OCH3 is 2. The zero-order chi connectivity index (χ0) is 17.5. The summed E-state index contributed by atoms with van der Waals surface area (Å²) in [6, 6.07) is 5.46. The zero-order valence-corrected chi connectivity index (χ0v) is 14.1. The molecule has 0 aliphatic heterocycles. The number of benzene rings is 1. The van der Waals surface area contributed by atoms with Gasteiger partial charge in [0.25, 0.3) is 0 Å². The molecule has 0 saturated heterocycles. The predicted molar refractivity (Wildman–Crippen MR) is 86.9 cm³/mol. The molecular weight excluding hydrogens is 298 g/mol. The van der Waals surface area contributed by atoms with Gasteiger partial charge in [0.1, 0.15) is 11.5 Å². The van der Waals surface area contributed by atoms with Crippen LogP contribution in [0, 0.1) is 5.41 Å². The van der Waals surface area contributed by atoms with Crippen LogP contribution in [0.5, 0.6) is 11.5 Å². The lowest BCUT2D eigenvalue weighted by atomic mass is 9.90. The lowest BCUT2D eigenvalue weighted by Gasteiger charge is -2.18. The highest BCUT2D eigenvalue weighted by atomic mass is 16.5. The third-order valence-corrected chi connectivity index (χ3v) is 3.76. The fourth-order valence-electron chi connectivity index (χ4n) is 2.04. The summed E-state index contributed by atoms with van der Waals surface area (Å²) in [6.45, 7) is 3.62. The van der Waals surface area contributed by atoms with E-state index < -0.39 is 11.4 Å². The van der Waals surface area contributed by atoms with E-state index in [1.54, 1.807) is 40.2 Å². The first-order chi connectivity index (χ1) is 10.8. The van der Waals surface area contributed by atoms with Crippen molar-refractivity contribution in [2.24, 2.45) is 5.41 Å². The Morgan fingerprint density at radius 1 is 1.22 bits per heavy atom. The van der Waals surface area contributed by atoms with E-state index in [1.807, 2.05) is 6.07 Å². The Balaban J connectivity index is 2.49. The van der Waals surface area contributed by atoms with E-state index in [-0.39, 0.29) is 5.91 Å². The number of carbonyl (C=O) groups excluding carboxylic acids is 1. The van der Waals surface area contributed by atoms with Crippen molar-refractivity contribution in [2.45, 2.75) is 33.1 Å². The predicted octanol–water partition coefficient (Wildman–Crippen LogP) is 2.25. The second-order valence-corrected chi connectivity index (χ2v) is 5.97. The normalized spacial score (nSPS) is 11.0. The molecule has 6 heteroatoms. The van der Waals surface area contributed by atoms with Crippen LogP contribution < -0.4 is 14.8 Å².